The Morgan fingerprint density at radius 3 is 2.10 bits per heavy atom. The summed E-state index contributed by atoms with van der Waals surface area (Å²) in [6.07, 6.45) is 0. The van der Waals surface area contributed by atoms with E-state index in [9.17, 15) is 4.79 Å². The second-order valence-corrected chi connectivity index (χ2v) is 5.43. The molecule has 0 aromatic heterocycles. The number of nitrogens with one attached hydrogen (secondary N) is 1. The molecule has 0 radical (unpaired) electrons. The maximum Gasteiger partial charge on any atom is 0.262 e. The second-order valence-electron chi connectivity index (χ2n) is 5.43. The molecule has 0 bridgehead atoms. The van der Waals surface area contributed by atoms with Crippen molar-refractivity contribution in [3.63, 3.8) is 0 Å². The molecular formula is C18H21NO2. The van der Waals surface area contributed by atoms with Crippen molar-refractivity contribution in [2.75, 3.05) is 11.9 Å². The van der Waals surface area contributed by atoms with Crippen molar-refractivity contribution in [3.8, 4) is 5.75 Å². The van der Waals surface area contributed by atoms with E-state index in [0.29, 0.717) is 0 Å². The molecule has 2 aromatic rings. The van der Waals surface area contributed by atoms with E-state index in [1.54, 1.807) is 0 Å². The zero-order chi connectivity index (χ0) is 15.4. The number of ether oxygens (including phenoxy) is 1. The van der Waals surface area contributed by atoms with E-state index in [-0.39, 0.29) is 12.5 Å². The van der Waals surface area contributed by atoms with E-state index < -0.39 is 0 Å². The first-order valence-corrected chi connectivity index (χ1v) is 7.03. The van der Waals surface area contributed by atoms with Crippen LogP contribution in [0.5, 0.6) is 5.75 Å². The lowest BCUT2D eigenvalue weighted by atomic mass is 10.1. The molecule has 1 amide bonds. The molecule has 0 atom stereocenters. The van der Waals surface area contributed by atoms with Crippen molar-refractivity contribution >= 4 is 11.6 Å². The Kier molecular flexibility index (Phi) is 4.63. The van der Waals surface area contributed by atoms with Gasteiger partial charge >= 0.3 is 0 Å². The van der Waals surface area contributed by atoms with Crippen LogP contribution in [0.2, 0.25) is 0 Å². The van der Waals surface area contributed by atoms with E-state index in [1.165, 1.54) is 5.56 Å². The lowest BCUT2D eigenvalue weighted by Gasteiger charge is -2.13. The van der Waals surface area contributed by atoms with Gasteiger partial charge < -0.3 is 10.1 Å². The molecule has 0 aliphatic carbocycles. The van der Waals surface area contributed by atoms with E-state index in [0.717, 1.165) is 28.1 Å². The number of hydrogen-bond acceptors (Lipinski definition) is 2. The summed E-state index contributed by atoms with van der Waals surface area (Å²) in [7, 11) is 0. The highest BCUT2D eigenvalue weighted by molar-refractivity contribution is 5.91. The molecule has 2 rings (SSSR count). The van der Waals surface area contributed by atoms with Crippen LogP contribution in [0.25, 0.3) is 0 Å². The minimum absolute atomic E-state index is 0.0125. The van der Waals surface area contributed by atoms with Gasteiger partial charge in [0.05, 0.1) is 0 Å². The summed E-state index contributed by atoms with van der Waals surface area (Å²) in [6, 6.07) is 11.8. The second kappa shape index (κ2) is 6.44. The molecule has 0 spiro atoms. The smallest absolute Gasteiger partial charge is 0.262 e. The minimum Gasteiger partial charge on any atom is -0.483 e. The Morgan fingerprint density at radius 2 is 1.52 bits per heavy atom. The number of aryl methyl sites for hydroxylation is 4. The highest BCUT2D eigenvalue weighted by Crippen LogP contribution is 2.24. The predicted octanol–water partition coefficient (Wildman–Crippen LogP) is 3.94. The summed E-state index contributed by atoms with van der Waals surface area (Å²) in [5.74, 6) is 0.637. The molecular weight excluding hydrogens is 262 g/mol. The summed E-state index contributed by atoms with van der Waals surface area (Å²) in [5.41, 5.74) is 5.24. The van der Waals surface area contributed by atoms with Crippen molar-refractivity contribution in [1.29, 1.82) is 0 Å². The first-order valence-electron chi connectivity index (χ1n) is 7.03. The molecule has 21 heavy (non-hydrogen) atoms. The molecule has 0 fully saturated rings. The van der Waals surface area contributed by atoms with Crippen LogP contribution in [0.15, 0.2) is 36.4 Å². The summed E-state index contributed by atoms with van der Waals surface area (Å²) < 4.78 is 5.67. The molecule has 1 N–H and O–H groups in total. The van der Waals surface area contributed by atoms with Crippen LogP contribution >= 0.6 is 0 Å². The standard InChI is InChI=1S/C18H21NO2/c1-12-5-7-16(8-6-12)19-17(20)11-21-18-14(3)9-13(2)10-15(18)4/h5-10H,11H2,1-4H3,(H,19,20). The van der Waals surface area contributed by atoms with Crippen LogP contribution in [0.4, 0.5) is 5.69 Å². The number of hydrogen-bond donors (Lipinski definition) is 1. The molecule has 3 heteroatoms. The number of rotatable bonds is 4. The zero-order valence-corrected chi connectivity index (χ0v) is 13.0. The van der Waals surface area contributed by atoms with Crippen molar-refractivity contribution in [2.45, 2.75) is 27.7 Å². The van der Waals surface area contributed by atoms with Crippen molar-refractivity contribution in [3.05, 3.63) is 58.7 Å². The lowest BCUT2D eigenvalue weighted by Crippen LogP contribution is -2.20. The number of anilines is 1. The maximum absolute atomic E-state index is 11.9. The Hall–Kier alpha value is -2.29. The minimum atomic E-state index is -0.154. The highest BCUT2D eigenvalue weighted by Gasteiger charge is 2.08. The van der Waals surface area contributed by atoms with Gasteiger partial charge in [-0.3, -0.25) is 4.79 Å². The third-order valence-electron chi connectivity index (χ3n) is 3.29. The van der Waals surface area contributed by atoms with Gasteiger partial charge in [0, 0.05) is 5.69 Å². The average molecular weight is 283 g/mol. The Bertz CT molecular complexity index is 622. The monoisotopic (exact) mass is 283 g/mol. The molecule has 110 valence electrons. The highest BCUT2D eigenvalue weighted by atomic mass is 16.5. The van der Waals surface area contributed by atoms with Crippen molar-refractivity contribution < 1.29 is 9.53 Å². The molecule has 0 aliphatic heterocycles. The molecule has 0 unspecified atom stereocenters. The van der Waals surface area contributed by atoms with Gasteiger partial charge in [-0.25, -0.2) is 0 Å². The molecule has 0 saturated heterocycles. The molecule has 2 aromatic carbocycles. The van der Waals surface area contributed by atoms with E-state index in [4.69, 9.17) is 4.74 Å². The van der Waals surface area contributed by atoms with E-state index in [2.05, 4.69) is 17.4 Å². The SMILES string of the molecule is Cc1ccc(NC(=O)COc2c(C)cc(C)cc2C)cc1. The van der Waals surface area contributed by atoms with Gasteiger partial charge in [-0.2, -0.15) is 0 Å². The Morgan fingerprint density at radius 1 is 0.952 bits per heavy atom. The van der Waals surface area contributed by atoms with Crippen molar-refractivity contribution in [1.82, 2.24) is 0 Å². The fraction of sp³-hybridized carbons (Fsp3) is 0.278. The summed E-state index contributed by atoms with van der Waals surface area (Å²) >= 11 is 0. The summed E-state index contributed by atoms with van der Waals surface area (Å²) in [4.78, 5) is 11.9. The zero-order valence-electron chi connectivity index (χ0n) is 13.0. The number of carbonyl (C=O) groups is 1. The van der Waals surface area contributed by atoms with Crippen molar-refractivity contribution in [2.24, 2.45) is 0 Å². The van der Waals surface area contributed by atoms with Crippen LogP contribution < -0.4 is 10.1 Å². The molecule has 0 heterocycles. The maximum atomic E-state index is 11.9. The van der Waals surface area contributed by atoms with Crippen LogP contribution in [0, 0.1) is 27.7 Å². The molecule has 3 nitrogen and oxygen atoms in total. The Balaban J connectivity index is 1.97. The van der Waals surface area contributed by atoms with E-state index >= 15 is 0 Å². The average Bonchev–Trinajstić information content (AvgIpc) is 2.40. The summed E-state index contributed by atoms with van der Waals surface area (Å²) in [5, 5.41) is 2.83. The normalized spacial score (nSPS) is 10.3. The fourth-order valence-corrected chi connectivity index (χ4v) is 2.37. The van der Waals surface area contributed by atoms with Gasteiger partial charge in [-0.05, 0) is 51.0 Å². The van der Waals surface area contributed by atoms with Crippen LogP contribution in [-0.4, -0.2) is 12.5 Å². The first-order chi connectivity index (χ1) is 9.95. The molecule has 0 aliphatic rings. The third-order valence-corrected chi connectivity index (χ3v) is 3.29. The quantitative estimate of drug-likeness (QED) is 0.923. The van der Waals surface area contributed by atoms with Gasteiger partial charge in [0.2, 0.25) is 0 Å². The Labute approximate surface area is 126 Å². The third kappa shape index (κ3) is 4.09. The first kappa shape index (κ1) is 15.1. The summed E-state index contributed by atoms with van der Waals surface area (Å²) in [6.45, 7) is 8.06. The number of carbonyl (C=O) groups excluding carboxylic acids is 1. The van der Waals surface area contributed by atoms with Gasteiger partial charge in [-0.1, -0.05) is 35.4 Å². The van der Waals surface area contributed by atoms with Gasteiger partial charge in [-0.15, -0.1) is 0 Å². The van der Waals surface area contributed by atoms with Gasteiger partial charge in [0.25, 0.3) is 5.91 Å². The van der Waals surface area contributed by atoms with Crippen LogP contribution in [-0.2, 0) is 4.79 Å². The lowest BCUT2D eigenvalue weighted by molar-refractivity contribution is -0.118. The topological polar surface area (TPSA) is 38.3 Å². The van der Waals surface area contributed by atoms with Crippen LogP contribution in [0.3, 0.4) is 0 Å². The van der Waals surface area contributed by atoms with Gasteiger partial charge in [0.1, 0.15) is 5.75 Å². The van der Waals surface area contributed by atoms with Crippen LogP contribution in [0.1, 0.15) is 22.3 Å². The number of amides is 1. The predicted molar refractivity (Wildman–Crippen MR) is 86.0 cm³/mol. The van der Waals surface area contributed by atoms with Gasteiger partial charge in [0.15, 0.2) is 6.61 Å². The number of benzene rings is 2. The molecule has 0 saturated carbocycles. The fourth-order valence-electron chi connectivity index (χ4n) is 2.37. The van der Waals surface area contributed by atoms with E-state index in [1.807, 2.05) is 52.0 Å². The largest absolute Gasteiger partial charge is 0.483 e.